The van der Waals surface area contributed by atoms with Crippen molar-refractivity contribution in [3.63, 3.8) is 0 Å². The maximum Gasteiger partial charge on any atom is 0.311 e. The normalized spacial score (nSPS) is 17.2. The van der Waals surface area contributed by atoms with Crippen molar-refractivity contribution in [3.05, 3.63) is 34.3 Å². The summed E-state index contributed by atoms with van der Waals surface area (Å²) in [5, 5.41) is 12.5. The van der Waals surface area contributed by atoms with Gasteiger partial charge in [0.15, 0.2) is 0 Å². The SMILES string of the molecule is Cc1ccc(C(=O)NCC2(C(=O)O)CCOCC2)c(Cl)c1. The Morgan fingerprint density at radius 1 is 1.38 bits per heavy atom. The molecule has 114 valence electrons. The van der Waals surface area contributed by atoms with Crippen LogP contribution in [0.3, 0.4) is 0 Å². The Bertz CT molecular complexity index is 553. The molecule has 1 aromatic rings. The quantitative estimate of drug-likeness (QED) is 0.894. The summed E-state index contributed by atoms with van der Waals surface area (Å²) in [5.41, 5.74) is 0.364. The number of rotatable bonds is 4. The Morgan fingerprint density at radius 3 is 2.62 bits per heavy atom. The highest BCUT2D eigenvalue weighted by Crippen LogP contribution is 2.30. The van der Waals surface area contributed by atoms with Gasteiger partial charge in [0.1, 0.15) is 0 Å². The Kier molecular flexibility index (Phi) is 4.85. The molecule has 1 saturated heterocycles. The molecule has 0 spiro atoms. The van der Waals surface area contributed by atoms with Gasteiger partial charge in [0.25, 0.3) is 5.91 Å². The van der Waals surface area contributed by atoms with Crippen LogP contribution >= 0.6 is 11.6 Å². The van der Waals surface area contributed by atoms with Crippen LogP contribution in [0.4, 0.5) is 0 Å². The average molecular weight is 312 g/mol. The van der Waals surface area contributed by atoms with Gasteiger partial charge in [0, 0.05) is 19.8 Å². The van der Waals surface area contributed by atoms with Gasteiger partial charge in [0.05, 0.1) is 16.0 Å². The van der Waals surface area contributed by atoms with Crippen molar-refractivity contribution in [2.75, 3.05) is 19.8 Å². The van der Waals surface area contributed by atoms with E-state index in [4.69, 9.17) is 16.3 Å². The summed E-state index contributed by atoms with van der Waals surface area (Å²) in [5.74, 6) is -1.26. The molecule has 0 aromatic heterocycles. The molecule has 2 N–H and O–H groups in total. The summed E-state index contributed by atoms with van der Waals surface area (Å²) in [6.07, 6.45) is 0.786. The molecule has 0 radical (unpaired) electrons. The van der Waals surface area contributed by atoms with Crippen LogP contribution in [0.5, 0.6) is 0 Å². The van der Waals surface area contributed by atoms with Crippen LogP contribution in [0.1, 0.15) is 28.8 Å². The molecule has 1 fully saturated rings. The molecule has 0 unspecified atom stereocenters. The first-order valence-corrected chi connectivity index (χ1v) is 7.18. The summed E-state index contributed by atoms with van der Waals surface area (Å²) in [4.78, 5) is 23.7. The summed E-state index contributed by atoms with van der Waals surface area (Å²) in [7, 11) is 0. The second-order valence-electron chi connectivity index (χ2n) is 5.36. The van der Waals surface area contributed by atoms with Gasteiger partial charge in [-0.15, -0.1) is 0 Å². The molecule has 0 atom stereocenters. The highest BCUT2D eigenvalue weighted by molar-refractivity contribution is 6.33. The molecule has 1 aliphatic heterocycles. The zero-order valence-corrected chi connectivity index (χ0v) is 12.6. The van der Waals surface area contributed by atoms with E-state index in [2.05, 4.69) is 5.32 Å². The number of hydrogen-bond acceptors (Lipinski definition) is 3. The predicted octanol–water partition coefficient (Wildman–Crippen LogP) is 2.26. The molecule has 5 nitrogen and oxygen atoms in total. The van der Waals surface area contributed by atoms with Crippen molar-refractivity contribution < 1.29 is 19.4 Å². The molecular weight excluding hydrogens is 294 g/mol. The lowest BCUT2D eigenvalue weighted by molar-refractivity contribution is -0.154. The van der Waals surface area contributed by atoms with Gasteiger partial charge in [-0.1, -0.05) is 17.7 Å². The van der Waals surface area contributed by atoms with Crippen LogP contribution in [0.2, 0.25) is 5.02 Å². The van der Waals surface area contributed by atoms with Crippen molar-refractivity contribution in [2.45, 2.75) is 19.8 Å². The van der Waals surface area contributed by atoms with E-state index in [9.17, 15) is 14.7 Å². The molecule has 1 amide bonds. The summed E-state index contributed by atoms with van der Waals surface area (Å²) in [6.45, 7) is 2.75. The number of benzene rings is 1. The fraction of sp³-hybridized carbons (Fsp3) is 0.467. The van der Waals surface area contributed by atoms with E-state index in [-0.39, 0.29) is 12.5 Å². The third-order valence-electron chi connectivity index (χ3n) is 3.86. The maximum absolute atomic E-state index is 12.2. The van der Waals surface area contributed by atoms with Gasteiger partial charge in [-0.2, -0.15) is 0 Å². The Balaban J connectivity index is 2.07. The van der Waals surface area contributed by atoms with E-state index in [1.54, 1.807) is 18.2 Å². The van der Waals surface area contributed by atoms with E-state index < -0.39 is 11.4 Å². The minimum absolute atomic E-state index is 0.0781. The first-order chi connectivity index (χ1) is 9.94. The van der Waals surface area contributed by atoms with Gasteiger partial charge >= 0.3 is 5.97 Å². The molecule has 1 heterocycles. The lowest BCUT2D eigenvalue weighted by Gasteiger charge is -2.33. The zero-order chi connectivity index (χ0) is 15.5. The minimum Gasteiger partial charge on any atom is -0.481 e. The second-order valence-corrected chi connectivity index (χ2v) is 5.77. The van der Waals surface area contributed by atoms with Crippen molar-refractivity contribution in [3.8, 4) is 0 Å². The summed E-state index contributed by atoms with van der Waals surface area (Å²) in [6, 6.07) is 5.14. The van der Waals surface area contributed by atoms with Crippen LogP contribution in [-0.4, -0.2) is 36.7 Å². The summed E-state index contributed by atoms with van der Waals surface area (Å²) >= 11 is 6.05. The fourth-order valence-corrected chi connectivity index (χ4v) is 2.70. The fourth-order valence-electron chi connectivity index (χ4n) is 2.38. The smallest absolute Gasteiger partial charge is 0.311 e. The largest absolute Gasteiger partial charge is 0.481 e. The number of hydrogen-bond donors (Lipinski definition) is 2. The number of carbonyl (C=O) groups is 2. The first kappa shape index (κ1) is 15.8. The second kappa shape index (κ2) is 6.45. The van der Waals surface area contributed by atoms with Crippen LogP contribution < -0.4 is 5.32 Å². The average Bonchev–Trinajstić information content (AvgIpc) is 2.45. The van der Waals surface area contributed by atoms with Crippen molar-refractivity contribution >= 4 is 23.5 Å². The van der Waals surface area contributed by atoms with Gasteiger partial charge in [-0.25, -0.2) is 0 Å². The van der Waals surface area contributed by atoms with E-state index in [0.29, 0.717) is 36.6 Å². The van der Waals surface area contributed by atoms with Crippen molar-refractivity contribution in [2.24, 2.45) is 5.41 Å². The van der Waals surface area contributed by atoms with Crippen LogP contribution in [0.25, 0.3) is 0 Å². The highest BCUT2D eigenvalue weighted by atomic mass is 35.5. The molecule has 1 aromatic carbocycles. The van der Waals surface area contributed by atoms with Gasteiger partial charge in [0.2, 0.25) is 0 Å². The minimum atomic E-state index is -0.953. The third kappa shape index (κ3) is 3.54. The number of ether oxygens (including phenoxy) is 1. The highest BCUT2D eigenvalue weighted by Gasteiger charge is 2.40. The van der Waals surface area contributed by atoms with Crippen LogP contribution in [0, 0.1) is 12.3 Å². The van der Waals surface area contributed by atoms with E-state index in [0.717, 1.165) is 5.56 Å². The standard InChI is InChI=1S/C15H18ClNO4/c1-10-2-3-11(12(16)8-10)13(18)17-9-15(14(19)20)4-6-21-7-5-15/h2-3,8H,4-7,9H2,1H3,(H,17,18)(H,19,20). The van der Waals surface area contributed by atoms with Crippen LogP contribution in [0.15, 0.2) is 18.2 Å². The number of nitrogens with one attached hydrogen (secondary N) is 1. The van der Waals surface area contributed by atoms with E-state index in [1.807, 2.05) is 6.92 Å². The monoisotopic (exact) mass is 311 g/mol. The Hall–Kier alpha value is -1.59. The number of amides is 1. The Labute approximate surface area is 128 Å². The van der Waals surface area contributed by atoms with Gasteiger partial charge in [-0.3, -0.25) is 9.59 Å². The summed E-state index contributed by atoms with van der Waals surface area (Å²) < 4.78 is 5.20. The first-order valence-electron chi connectivity index (χ1n) is 6.80. The molecule has 6 heteroatoms. The lowest BCUT2D eigenvalue weighted by atomic mass is 9.80. The molecule has 0 aliphatic carbocycles. The number of aryl methyl sites for hydroxylation is 1. The molecule has 0 saturated carbocycles. The predicted molar refractivity (Wildman–Crippen MR) is 78.6 cm³/mol. The Morgan fingerprint density at radius 2 is 2.05 bits per heavy atom. The molecule has 0 bridgehead atoms. The molecule has 21 heavy (non-hydrogen) atoms. The van der Waals surface area contributed by atoms with Gasteiger partial charge in [-0.05, 0) is 37.5 Å². The molecule has 2 rings (SSSR count). The molecular formula is C15H18ClNO4. The van der Waals surface area contributed by atoms with E-state index in [1.165, 1.54) is 0 Å². The van der Waals surface area contributed by atoms with Crippen LogP contribution in [-0.2, 0) is 9.53 Å². The number of carbonyl (C=O) groups excluding carboxylic acids is 1. The van der Waals surface area contributed by atoms with Crippen molar-refractivity contribution in [1.29, 1.82) is 0 Å². The number of carboxylic acids is 1. The van der Waals surface area contributed by atoms with Crippen molar-refractivity contribution in [1.82, 2.24) is 5.32 Å². The zero-order valence-electron chi connectivity index (χ0n) is 11.8. The lowest BCUT2D eigenvalue weighted by Crippen LogP contribution is -2.46. The third-order valence-corrected chi connectivity index (χ3v) is 4.17. The maximum atomic E-state index is 12.2. The van der Waals surface area contributed by atoms with Gasteiger partial charge < -0.3 is 15.2 Å². The molecule has 1 aliphatic rings. The number of halogens is 1. The van der Waals surface area contributed by atoms with E-state index >= 15 is 0 Å². The number of aliphatic carboxylic acids is 1. The topological polar surface area (TPSA) is 75.6 Å². The number of carboxylic acid groups (broad SMARTS) is 1.